The molecule has 0 unspecified atom stereocenters. The molecule has 0 N–H and O–H groups in total. The third-order valence-corrected chi connectivity index (χ3v) is 12.8. The molecule has 0 aliphatic heterocycles. The van der Waals surface area contributed by atoms with Gasteiger partial charge in [0.15, 0.2) is 23.4 Å². The molecule has 35 nitrogen and oxygen atoms in total. The fourth-order valence-corrected chi connectivity index (χ4v) is 7.26. The summed E-state index contributed by atoms with van der Waals surface area (Å²) in [4.78, 5) is 54.4. The van der Waals surface area contributed by atoms with E-state index in [9.17, 15) is 19.2 Å². The average Bonchev–Trinajstić information content (AvgIpc) is 4.49. The van der Waals surface area contributed by atoms with Gasteiger partial charge in [-0.25, -0.2) is 28.9 Å². The summed E-state index contributed by atoms with van der Waals surface area (Å²) >= 11 is 13.2. The van der Waals surface area contributed by atoms with E-state index in [0.717, 1.165) is 71.9 Å². The zero-order chi connectivity index (χ0) is 69.4. The summed E-state index contributed by atoms with van der Waals surface area (Å²) in [5.41, 5.74) is 0.988. The summed E-state index contributed by atoms with van der Waals surface area (Å²) in [6.07, 6.45) is 1.70. The lowest BCUT2D eigenvalue weighted by Gasteiger charge is -1.84. The topological polar surface area (TPSA) is 422 Å². The molecule has 0 aromatic carbocycles. The number of rotatable bonds is 0. The van der Waals surface area contributed by atoms with Crippen LogP contribution in [0.3, 0.4) is 0 Å². The van der Waals surface area contributed by atoms with Gasteiger partial charge in [-0.15, -0.1) is 52.1 Å². The fraction of sp³-hybridized carbons (Fsp3) is 0.490. The van der Waals surface area contributed by atoms with E-state index in [1.54, 1.807) is 127 Å². The van der Waals surface area contributed by atoms with Crippen LogP contribution in [0.4, 0.5) is 0 Å². The molecule has 0 aliphatic rings. The molecular weight excluding hydrogens is 1290 g/mol. The van der Waals surface area contributed by atoms with E-state index in [1.165, 1.54) is 29.8 Å². The van der Waals surface area contributed by atoms with E-state index in [1.807, 2.05) is 69.4 Å². The number of aromatic nitrogens is 22. The molecule has 0 bridgehead atoms. The van der Waals surface area contributed by atoms with Gasteiger partial charge in [-0.3, -0.25) is 27.8 Å². The van der Waals surface area contributed by atoms with Crippen LogP contribution in [-0.4, -0.2) is 108 Å². The molecule has 0 saturated heterocycles. The molecule has 12 aromatic rings. The van der Waals surface area contributed by atoms with Crippen LogP contribution in [0, 0.1) is 141 Å². The normalized spacial score (nSPS) is 9.64. The maximum atomic E-state index is 10.6. The van der Waals surface area contributed by atoms with Gasteiger partial charge < -0.3 is 35.5 Å². The maximum absolute atomic E-state index is 10.6. The Labute approximate surface area is 543 Å². The Kier molecular flexibility index (Phi) is 35.4. The monoisotopic (exact) mass is 1360 g/mol. The minimum absolute atomic E-state index is 0.00231. The van der Waals surface area contributed by atoms with Gasteiger partial charge in [-0.05, 0) is 93.7 Å². The zero-order valence-corrected chi connectivity index (χ0v) is 59.3. The van der Waals surface area contributed by atoms with Crippen LogP contribution in [0.5, 0.6) is 0 Å². The number of hydrogen-bond donors (Lipinski definition) is 0. The van der Waals surface area contributed by atoms with E-state index in [-0.39, 0.29) is 9.75 Å². The predicted octanol–water partition coefficient (Wildman–Crippen LogP) is 7.87. The summed E-state index contributed by atoms with van der Waals surface area (Å²) in [6, 6.07) is 0. The first kappa shape index (κ1) is 79.7. The highest BCUT2D eigenvalue weighted by Gasteiger charge is 2.01. The number of hydrogen-bond acceptors (Lipinski definition) is 34. The molecule has 12 heterocycles. The van der Waals surface area contributed by atoms with Gasteiger partial charge in [-0.2, -0.15) is 19.1 Å². The average molecular weight is 1370 g/mol. The Bertz CT molecular complexity index is 3790. The molecule has 0 atom stereocenters. The Morgan fingerprint density at radius 2 is 0.912 bits per heavy atom. The van der Waals surface area contributed by atoms with Crippen molar-refractivity contribution in [2.45, 2.75) is 132 Å². The summed E-state index contributed by atoms with van der Waals surface area (Å²) < 4.78 is 55.0. The van der Waals surface area contributed by atoms with Crippen molar-refractivity contribution >= 4 is 58.6 Å². The lowest BCUT2D eigenvalue weighted by atomic mass is 10.4. The SMILES string of the molecule is Cc1cnc(C)o1.Cc1nc(C)c(C)o1.Cc1nn(C)c(=O)o1.Cc1nn(C)c(=O)s1.Cc1nn(C)c(=S)o1.Cc1nnc(C)o1.Cc1nnc(C)o1.Cc1nnc(C)s1.Cc1noc(=O)n1C.Cc1noc(=S)n1C.Cc1noc(C)n1.Cc1nsc(=O)n1C. The molecule has 40 heteroatoms. The van der Waals surface area contributed by atoms with E-state index in [2.05, 4.69) is 98.7 Å². The predicted molar refractivity (Wildman–Crippen MR) is 337 cm³/mol. The molecule has 0 amide bonds. The lowest BCUT2D eigenvalue weighted by Crippen LogP contribution is -2.09. The molecule has 0 saturated carbocycles. The second-order valence-corrected chi connectivity index (χ2v) is 21.9. The van der Waals surface area contributed by atoms with Crippen molar-refractivity contribution in [1.82, 2.24) is 108 Å². The summed E-state index contributed by atoms with van der Waals surface area (Å²) in [5, 5.41) is 46.7. The molecule has 12 aromatic heterocycles. The lowest BCUT2D eigenvalue weighted by molar-refractivity contribution is 0.377. The third-order valence-electron chi connectivity index (χ3n) is 9.80. The van der Waals surface area contributed by atoms with Crippen LogP contribution in [0.1, 0.15) is 109 Å². The highest BCUT2D eigenvalue weighted by molar-refractivity contribution is 7.71. The third kappa shape index (κ3) is 33.2. The van der Waals surface area contributed by atoms with Gasteiger partial charge in [0, 0.05) is 116 Å². The largest absolute Gasteiger partial charge is 0.446 e. The standard InChI is InChI=1S/C6H9NO.C5H7NO.2C4H6N2O2.4C4H6N2OS.3C4H6N2O.C4H6N2S/c1-4-5(2)8-6(3)7-4;1-4-3-6-5(2)7-4;1-3-5-6(2)4(7)8-3;1-3-5-8-4(7)6(3)2;1-3-5-6(2)4(7)8-3;1-3-5-6(2)4(8)7-3;1-3-5-8-4(7)6(3)2;1-3-5-7-4(8)6(3)2;2*1-3-5-6-4(2)7-3;1-3-5-4(2)7-6-3;1-3-5-6-4(2)7-3/h1-3H3;3H,1-2H3;6*1-2H3;4*1-2H3. The Morgan fingerprint density at radius 3 is 1.03 bits per heavy atom. The van der Waals surface area contributed by atoms with Crippen LogP contribution in [0.25, 0.3) is 0 Å². The number of nitrogens with zero attached hydrogens (tertiary/aromatic N) is 22. The molecule has 91 heavy (non-hydrogen) atoms. The van der Waals surface area contributed by atoms with Crippen molar-refractivity contribution in [3.63, 3.8) is 0 Å². The Morgan fingerprint density at radius 1 is 0.396 bits per heavy atom. The van der Waals surface area contributed by atoms with Gasteiger partial charge in [0.25, 0.3) is 9.67 Å². The molecule has 0 spiro atoms. The quantitative estimate of drug-likeness (QED) is 0.130. The molecule has 12 rings (SSSR count). The molecular formula is C51H76N22O13S5. The molecule has 0 fully saturated rings. The van der Waals surface area contributed by atoms with Crippen molar-refractivity contribution in [2.75, 3.05) is 0 Å². The van der Waals surface area contributed by atoms with E-state index in [0.29, 0.717) is 62.6 Å². The zero-order valence-electron chi connectivity index (χ0n) is 55.3. The van der Waals surface area contributed by atoms with E-state index < -0.39 is 11.5 Å². The van der Waals surface area contributed by atoms with Crippen molar-refractivity contribution in [1.29, 1.82) is 0 Å². The van der Waals surface area contributed by atoms with Crippen LogP contribution in [-0.2, 0) is 42.3 Å². The first-order valence-electron chi connectivity index (χ1n) is 26.3. The van der Waals surface area contributed by atoms with Crippen LogP contribution in [0.15, 0.2) is 65.4 Å². The minimum Gasteiger partial charge on any atom is -0.446 e. The second kappa shape index (κ2) is 40.4. The highest BCUT2D eigenvalue weighted by Crippen LogP contribution is 2.06. The summed E-state index contributed by atoms with van der Waals surface area (Å²) in [5.74, 6) is 9.43. The first-order chi connectivity index (χ1) is 42.4. The van der Waals surface area contributed by atoms with Crippen LogP contribution in [0.2, 0.25) is 0 Å². The van der Waals surface area contributed by atoms with Gasteiger partial charge in [0.05, 0.1) is 11.9 Å². The Hall–Kier alpha value is -9.28. The second-order valence-electron chi connectivity index (χ2n) is 17.9. The van der Waals surface area contributed by atoms with Gasteiger partial charge in [0.1, 0.15) is 38.2 Å². The van der Waals surface area contributed by atoms with Crippen molar-refractivity contribution in [3.05, 3.63) is 165 Å². The van der Waals surface area contributed by atoms with Crippen molar-refractivity contribution in [3.8, 4) is 0 Å². The van der Waals surface area contributed by atoms with Gasteiger partial charge >= 0.3 is 21.3 Å². The van der Waals surface area contributed by atoms with Gasteiger partial charge in [-0.1, -0.05) is 26.8 Å². The number of oxazole rings is 2. The fourth-order valence-electron chi connectivity index (χ4n) is 5.16. The highest BCUT2D eigenvalue weighted by atomic mass is 32.1. The van der Waals surface area contributed by atoms with Gasteiger partial charge in [0.2, 0.25) is 41.2 Å². The van der Waals surface area contributed by atoms with E-state index >= 15 is 0 Å². The number of aryl methyl sites for hydroxylation is 22. The van der Waals surface area contributed by atoms with E-state index in [4.69, 9.17) is 46.5 Å². The first-order valence-corrected chi connectivity index (χ1v) is 29.5. The minimum atomic E-state index is -0.414. The van der Waals surface area contributed by atoms with Crippen molar-refractivity contribution in [2.24, 2.45) is 42.3 Å². The molecule has 498 valence electrons. The van der Waals surface area contributed by atoms with Crippen molar-refractivity contribution < 1.29 is 40.1 Å². The summed E-state index contributed by atoms with van der Waals surface area (Å²) in [6.45, 7) is 34.4. The molecule has 0 radical (unpaired) electrons. The smallest absolute Gasteiger partial charge is 0.441 e. The van der Waals surface area contributed by atoms with Crippen LogP contribution >= 0.6 is 58.6 Å². The van der Waals surface area contributed by atoms with Crippen LogP contribution < -0.4 is 21.3 Å². The Balaban J connectivity index is 0.000000497. The molecule has 0 aliphatic carbocycles. The maximum Gasteiger partial charge on any atom is 0.441 e. The summed E-state index contributed by atoms with van der Waals surface area (Å²) in [7, 11) is 10.1.